The van der Waals surface area contributed by atoms with Crippen LogP contribution in [-0.4, -0.2) is 18.0 Å². The molecule has 1 aliphatic heterocycles. The van der Waals surface area contributed by atoms with Gasteiger partial charge in [-0.15, -0.1) is 0 Å². The molecule has 0 saturated carbocycles. The van der Waals surface area contributed by atoms with Gasteiger partial charge in [0.1, 0.15) is 11.6 Å². The number of nitrogens with zero attached hydrogens (tertiary/aromatic N) is 2. The Labute approximate surface area is 116 Å². The Morgan fingerprint density at radius 1 is 1.20 bits per heavy atom. The summed E-state index contributed by atoms with van der Waals surface area (Å²) in [4.78, 5) is 4.17. The number of sulfonamides is 1. The molecule has 1 aromatic carbocycles. The molecule has 0 unspecified atom stereocenters. The Hall–Kier alpha value is -1.89. The first-order valence-corrected chi connectivity index (χ1v) is 7.87. The number of benzene rings is 1. The Kier molecular flexibility index (Phi) is 3.21. The van der Waals surface area contributed by atoms with E-state index in [1.807, 2.05) is 4.57 Å². The number of aryl methyl sites for hydroxylation is 2. The molecule has 0 fully saturated rings. The van der Waals surface area contributed by atoms with Gasteiger partial charge in [0.05, 0.1) is 0 Å². The number of imidazole rings is 1. The standard InChI is InChI=1S/C13H14FN3O2S/c14-10-4-6-11(7-5-10)16-20(18,19)13-9-17-8-2-1-3-12(17)15-13/h4-7,9,16H,1-3,8H2. The Morgan fingerprint density at radius 2 is 1.95 bits per heavy atom. The summed E-state index contributed by atoms with van der Waals surface area (Å²) in [6, 6.07) is 5.16. The lowest BCUT2D eigenvalue weighted by atomic mass is 10.2. The third-order valence-corrected chi connectivity index (χ3v) is 4.51. The van der Waals surface area contributed by atoms with Gasteiger partial charge in [-0.2, -0.15) is 8.42 Å². The Bertz CT molecular complexity index is 699. The number of aromatic nitrogens is 2. The zero-order valence-corrected chi connectivity index (χ0v) is 11.5. The molecule has 0 bridgehead atoms. The number of hydrogen-bond donors (Lipinski definition) is 1. The van der Waals surface area contributed by atoms with Crippen molar-refractivity contribution in [3.05, 3.63) is 42.1 Å². The monoisotopic (exact) mass is 295 g/mol. The van der Waals surface area contributed by atoms with Crippen LogP contribution in [0.4, 0.5) is 10.1 Å². The first-order chi connectivity index (χ1) is 9.54. The maximum Gasteiger partial charge on any atom is 0.280 e. The molecular formula is C13H14FN3O2S. The summed E-state index contributed by atoms with van der Waals surface area (Å²) in [7, 11) is -3.72. The zero-order chi connectivity index (χ0) is 14.2. The van der Waals surface area contributed by atoms with Gasteiger partial charge in [0, 0.05) is 24.8 Å². The largest absolute Gasteiger partial charge is 0.333 e. The van der Waals surface area contributed by atoms with Crippen LogP contribution in [0.3, 0.4) is 0 Å². The van der Waals surface area contributed by atoms with Crippen LogP contribution in [-0.2, 0) is 23.0 Å². The van der Waals surface area contributed by atoms with E-state index >= 15 is 0 Å². The quantitative estimate of drug-likeness (QED) is 0.943. The molecule has 0 saturated heterocycles. The minimum absolute atomic E-state index is 0.0127. The van der Waals surface area contributed by atoms with Gasteiger partial charge in [-0.3, -0.25) is 4.72 Å². The second-order valence-corrected chi connectivity index (χ2v) is 6.39. The maximum atomic E-state index is 12.8. The molecule has 20 heavy (non-hydrogen) atoms. The molecular weight excluding hydrogens is 281 g/mol. The van der Waals surface area contributed by atoms with Crippen LogP contribution in [0.1, 0.15) is 18.7 Å². The van der Waals surface area contributed by atoms with Gasteiger partial charge in [0.2, 0.25) is 0 Å². The van der Waals surface area contributed by atoms with Gasteiger partial charge < -0.3 is 4.57 Å². The van der Waals surface area contributed by atoms with Crippen LogP contribution in [0.25, 0.3) is 0 Å². The van der Waals surface area contributed by atoms with E-state index in [2.05, 4.69) is 9.71 Å². The first-order valence-electron chi connectivity index (χ1n) is 6.39. The van der Waals surface area contributed by atoms with Crippen molar-refractivity contribution in [1.82, 2.24) is 9.55 Å². The van der Waals surface area contributed by atoms with Crippen LogP contribution in [0.5, 0.6) is 0 Å². The van der Waals surface area contributed by atoms with E-state index in [0.29, 0.717) is 5.69 Å². The molecule has 0 aliphatic carbocycles. The maximum absolute atomic E-state index is 12.8. The average molecular weight is 295 g/mol. The van der Waals surface area contributed by atoms with E-state index < -0.39 is 15.8 Å². The van der Waals surface area contributed by atoms with E-state index in [1.54, 1.807) is 6.20 Å². The molecule has 1 aromatic heterocycles. The summed E-state index contributed by atoms with van der Waals surface area (Å²) in [5.41, 5.74) is 0.317. The van der Waals surface area contributed by atoms with Gasteiger partial charge in [0.25, 0.3) is 10.0 Å². The number of nitrogens with one attached hydrogen (secondary N) is 1. The summed E-state index contributed by atoms with van der Waals surface area (Å²) < 4.78 is 41.5. The molecule has 0 amide bonds. The topological polar surface area (TPSA) is 64.0 Å². The van der Waals surface area contributed by atoms with Gasteiger partial charge in [0.15, 0.2) is 5.03 Å². The van der Waals surface area contributed by atoms with Gasteiger partial charge >= 0.3 is 0 Å². The van der Waals surface area contributed by atoms with Crippen molar-refractivity contribution in [3.8, 4) is 0 Å². The number of rotatable bonds is 3. The normalized spacial score (nSPS) is 14.8. The average Bonchev–Trinajstić information content (AvgIpc) is 2.86. The fraction of sp³-hybridized carbons (Fsp3) is 0.308. The van der Waals surface area contributed by atoms with E-state index in [-0.39, 0.29) is 5.03 Å². The van der Waals surface area contributed by atoms with Crippen molar-refractivity contribution >= 4 is 15.7 Å². The predicted octanol–water partition coefficient (Wildman–Crippen LogP) is 2.16. The number of hydrogen-bond acceptors (Lipinski definition) is 3. The summed E-state index contributed by atoms with van der Waals surface area (Å²) in [6.45, 7) is 0.800. The Morgan fingerprint density at radius 3 is 2.65 bits per heavy atom. The fourth-order valence-corrected chi connectivity index (χ4v) is 3.28. The molecule has 1 N–H and O–H groups in total. The SMILES string of the molecule is O=S(=O)(Nc1ccc(F)cc1)c1cn2c(n1)CCCC2. The highest BCUT2D eigenvalue weighted by molar-refractivity contribution is 7.92. The smallest absolute Gasteiger partial charge is 0.280 e. The van der Waals surface area contributed by atoms with Crippen molar-refractivity contribution in [2.45, 2.75) is 30.8 Å². The zero-order valence-electron chi connectivity index (χ0n) is 10.7. The van der Waals surface area contributed by atoms with E-state index in [0.717, 1.165) is 31.6 Å². The van der Waals surface area contributed by atoms with Crippen molar-refractivity contribution in [1.29, 1.82) is 0 Å². The van der Waals surface area contributed by atoms with Crippen molar-refractivity contribution in [2.75, 3.05) is 4.72 Å². The van der Waals surface area contributed by atoms with Crippen LogP contribution in [0.15, 0.2) is 35.5 Å². The van der Waals surface area contributed by atoms with Crippen LogP contribution >= 0.6 is 0 Å². The van der Waals surface area contributed by atoms with Crippen molar-refractivity contribution in [2.24, 2.45) is 0 Å². The highest BCUT2D eigenvalue weighted by atomic mass is 32.2. The number of anilines is 1. The lowest BCUT2D eigenvalue weighted by molar-refractivity contribution is 0.522. The summed E-state index contributed by atoms with van der Waals surface area (Å²) in [6.07, 6.45) is 4.42. The highest BCUT2D eigenvalue weighted by Gasteiger charge is 2.21. The van der Waals surface area contributed by atoms with Crippen LogP contribution in [0, 0.1) is 5.82 Å². The number of fused-ring (bicyclic) bond motifs is 1. The van der Waals surface area contributed by atoms with Gasteiger partial charge in [-0.05, 0) is 37.1 Å². The second-order valence-electron chi connectivity index (χ2n) is 4.76. The van der Waals surface area contributed by atoms with Crippen molar-refractivity contribution in [3.63, 3.8) is 0 Å². The fourth-order valence-electron chi connectivity index (χ4n) is 2.24. The van der Waals surface area contributed by atoms with Crippen LogP contribution in [0.2, 0.25) is 0 Å². The Balaban J connectivity index is 1.88. The third kappa shape index (κ3) is 2.53. The molecule has 0 radical (unpaired) electrons. The van der Waals surface area contributed by atoms with Crippen molar-refractivity contribution < 1.29 is 12.8 Å². The van der Waals surface area contributed by atoms with Gasteiger partial charge in [-0.25, -0.2) is 9.37 Å². The van der Waals surface area contributed by atoms with E-state index in [9.17, 15) is 12.8 Å². The molecule has 3 rings (SSSR count). The second kappa shape index (κ2) is 4.90. The first kappa shape index (κ1) is 13.1. The predicted molar refractivity (Wildman–Crippen MR) is 72.4 cm³/mol. The molecule has 7 heteroatoms. The molecule has 0 spiro atoms. The molecule has 2 heterocycles. The molecule has 1 aliphatic rings. The minimum Gasteiger partial charge on any atom is -0.333 e. The lowest BCUT2D eigenvalue weighted by Crippen LogP contribution is -2.13. The van der Waals surface area contributed by atoms with Crippen LogP contribution < -0.4 is 4.72 Å². The molecule has 106 valence electrons. The van der Waals surface area contributed by atoms with E-state index in [4.69, 9.17) is 0 Å². The number of halogens is 1. The molecule has 5 nitrogen and oxygen atoms in total. The van der Waals surface area contributed by atoms with Gasteiger partial charge in [-0.1, -0.05) is 0 Å². The highest BCUT2D eigenvalue weighted by Crippen LogP contribution is 2.19. The molecule has 0 atom stereocenters. The summed E-state index contributed by atoms with van der Waals surface area (Å²) in [5.74, 6) is 0.390. The summed E-state index contributed by atoms with van der Waals surface area (Å²) >= 11 is 0. The molecule has 2 aromatic rings. The third-order valence-electron chi connectivity index (χ3n) is 3.26. The summed E-state index contributed by atoms with van der Waals surface area (Å²) in [5, 5.41) is 0.0127. The minimum atomic E-state index is -3.72. The lowest BCUT2D eigenvalue weighted by Gasteiger charge is -2.11. The van der Waals surface area contributed by atoms with E-state index in [1.165, 1.54) is 24.3 Å².